The van der Waals surface area contributed by atoms with Gasteiger partial charge in [0, 0.05) is 18.5 Å². The van der Waals surface area contributed by atoms with E-state index in [-0.39, 0.29) is 22.7 Å². The van der Waals surface area contributed by atoms with Crippen LogP contribution in [0.25, 0.3) is 10.9 Å². The Bertz CT molecular complexity index is 715. The molecule has 0 fully saturated rings. The Kier molecular flexibility index (Phi) is 5.66. The Hall–Kier alpha value is -2.21. The number of amides is 2. The van der Waals surface area contributed by atoms with Crippen molar-refractivity contribution in [1.29, 1.82) is 0 Å². The van der Waals surface area contributed by atoms with Gasteiger partial charge in [-0.3, -0.25) is 14.6 Å². The summed E-state index contributed by atoms with van der Waals surface area (Å²) in [5.74, 6) is -0.417. The molecule has 2 rings (SSSR count). The van der Waals surface area contributed by atoms with Crippen LogP contribution >= 0.6 is 15.9 Å². The van der Waals surface area contributed by atoms with Crippen molar-refractivity contribution in [2.45, 2.75) is 6.42 Å². The van der Waals surface area contributed by atoms with Crippen LogP contribution in [0, 0.1) is 0 Å². The Morgan fingerprint density at radius 1 is 1.09 bits per heavy atom. The summed E-state index contributed by atoms with van der Waals surface area (Å²) in [5, 5.41) is 6.39. The van der Waals surface area contributed by atoms with E-state index in [9.17, 15) is 9.59 Å². The van der Waals surface area contributed by atoms with Gasteiger partial charge in [-0.1, -0.05) is 30.8 Å². The summed E-state index contributed by atoms with van der Waals surface area (Å²) >= 11 is 2.98. The molecule has 2 aromatic rings. The van der Waals surface area contributed by atoms with E-state index in [2.05, 4.69) is 38.1 Å². The molecule has 0 aliphatic carbocycles. The molecule has 0 saturated carbocycles. The van der Waals surface area contributed by atoms with Gasteiger partial charge in [0.1, 0.15) is 0 Å². The lowest BCUT2D eigenvalue weighted by Gasteiger charge is -2.07. The molecule has 1 aromatic heterocycles. The van der Waals surface area contributed by atoms with Crippen molar-refractivity contribution in [3.63, 3.8) is 0 Å². The minimum Gasteiger partial charge on any atom is -0.354 e. The standard InChI is InChI=1S/C16H16BrN3O2/c1-11(17)16(22)19-9-8-18-15(21)10-13-7-6-12-4-2-3-5-14(12)20-13/h2-7H,1,8-10H2,(H,18,21)(H,19,22). The second-order valence-corrected chi connectivity index (χ2v) is 5.64. The molecule has 22 heavy (non-hydrogen) atoms. The molecule has 6 heteroatoms. The van der Waals surface area contributed by atoms with E-state index >= 15 is 0 Å². The first-order valence-electron chi connectivity index (χ1n) is 6.80. The van der Waals surface area contributed by atoms with Crippen molar-refractivity contribution >= 4 is 38.6 Å². The molecule has 1 heterocycles. The van der Waals surface area contributed by atoms with Crippen LogP contribution in [-0.4, -0.2) is 29.9 Å². The summed E-state index contributed by atoms with van der Waals surface area (Å²) in [6.07, 6.45) is 0.212. The first-order valence-corrected chi connectivity index (χ1v) is 7.59. The SMILES string of the molecule is C=C(Br)C(=O)NCCNC(=O)Cc1ccc2ccccc2n1. The highest BCUT2D eigenvalue weighted by Crippen LogP contribution is 2.11. The van der Waals surface area contributed by atoms with Crippen LogP contribution in [0.1, 0.15) is 5.69 Å². The molecule has 0 aliphatic rings. The van der Waals surface area contributed by atoms with Crippen molar-refractivity contribution in [3.8, 4) is 0 Å². The smallest absolute Gasteiger partial charge is 0.257 e. The third-order valence-corrected chi connectivity index (χ3v) is 3.34. The molecule has 2 amide bonds. The highest BCUT2D eigenvalue weighted by atomic mass is 79.9. The van der Waals surface area contributed by atoms with Crippen LogP contribution in [0.2, 0.25) is 0 Å². The molecule has 0 atom stereocenters. The molecule has 0 bridgehead atoms. The molecule has 0 aliphatic heterocycles. The number of para-hydroxylation sites is 1. The van der Waals surface area contributed by atoms with Gasteiger partial charge >= 0.3 is 0 Å². The number of halogens is 1. The van der Waals surface area contributed by atoms with Gasteiger partial charge in [-0.15, -0.1) is 0 Å². The quantitative estimate of drug-likeness (QED) is 0.609. The molecule has 0 saturated heterocycles. The molecule has 0 radical (unpaired) electrons. The van der Waals surface area contributed by atoms with Crippen LogP contribution in [0.5, 0.6) is 0 Å². The second-order valence-electron chi connectivity index (χ2n) is 4.68. The number of nitrogens with one attached hydrogen (secondary N) is 2. The number of rotatable bonds is 6. The summed E-state index contributed by atoms with van der Waals surface area (Å²) in [7, 11) is 0. The first-order chi connectivity index (χ1) is 10.6. The fraction of sp³-hybridized carbons (Fsp3) is 0.188. The van der Waals surface area contributed by atoms with E-state index in [1.54, 1.807) is 0 Å². The van der Waals surface area contributed by atoms with Crippen molar-refractivity contribution in [1.82, 2.24) is 15.6 Å². The van der Waals surface area contributed by atoms with Crippen molar-refractivity contribution in [2.75, 3.05) is 13.1 Å². The fourth-order valence-corrected chi connectivity index (χ4v) is 2.05. The van der Waals surface area contributed by atoms with Gasteiger partial charge in [-0.2, -0.15) is 0 Å². The third kappa shape index (κ3) is 4.66. The van der Waals surface area contributed by atoms with Gasteiger partial charge in [-0.05, 0) is 28.1 Å². The summed E-state index contributed by atoms with van der Waals surface area (Å²) in [6, 6.07) is 11.6. The number of nitrogens with zero attached hydrogens (tertiary/aromatic N) is 1. The van der Waals surface area contributed by atoms with E-state index in [1.807, 2.05) is 36.4 Å². The van der Waals surface area contributed by atoms with Gasteiger partial charge < -0.3 is 10.6 Å². The topological polar surface area (TPSA) is 71.1 Å². The largest absolute Gasteiger partial charge is 0.354 e. The summed E-state index contributed by atoms with van der Waals surface area (Å²) in [6.45, 7) is 4.17. The number of pyridine rings is 1. The van der Waals surface area contributed by atoms with Gasteiger partial charge in [-0.25, -0.2) is 0 Å². The van der Waals surface area contributed by atoms with Crippen LogP contribution in [0.4, 0.5) is 0 Å². The lowest BCUT2D eigenvalue weighted by Crippen LogP contribution is -2.35. The maximum atomic E-state index is 11.8. The van der Waals surface area contributed by atoms with Crippen molar-refractivity contribution in [3.05, 3.63) is 53.2 Å². The Labute approximate surface area is 136 Å². The highest BCUT2D eigenvalue weighted by molar-refractivity contribution is 9.12. The first kappa shape index (κ1) is 16.2. The van der Waals surface area contributed by atoms with Crippen LogP contribution in [0.3, 0.4) is 0 Å². The van der Waals surface area contributed by atoms with Gasteiger partial charge in [0.15, 0.2) is 0 Å². The zero-order valence-corrected chi connectivity index (χ0v) is 13.5. The number of aromatic nitrogens is 1. The van der Waals surface area contributed by atoms with E-state index in [1.165, 1.54) is 0 Å². The van der Waals surface area contributed by atoms with Crippen molar-refractivity contribution in [2.24, 2.45) is 0 Å². The molecule has 1 aromatic carbocycles. The number of hydrogen-bond acceptors (Lipinski definition) is 3. The molecule has 0 spiro atoms. The lowest BCUT2D eigenvalue weighted by molar-refractivity contribution is -0.121. The number of benzene rings is 1. The molecule has 2 N–H and O–H groups in total. The number of hydrogen-bond donors (Lipinski definition) is 2. The number of carbonyl (C=O) groups is 2. The maximum Gasteiger partial charge on any atom is 0.257 e. The zero-order chi connectivity index (χ0) is 15.9. The van der Waals surface area contributed by atoms with Gasteiger partial charge in [0.2, 0.25) is 5.91 Å². The van der Waals surface area contributed by atoms with E-state index in [0.717, 1.165) is 10.9 Å². The molecule has 5 nitrogen and oxygen atoms in total. The second kappa shape index (κ2) is 7.70. The molecular weight excluding hydrogens is 346 g/mol. The normalized spacial score (nSPS) is 10.2. The predicted octanol–water partition coefficient (Wildman–Crippen LogP) is 1.92. The highest BCUT2D eigenvalue weighted by Gasteiger charge is 2.06. The monoisotopic (exact) mass is 361 g/mol. The Morgan fingerprint density at radius 3 is 2.59 bits per heavy atom. The minimum absolute atomic E-state index is 0.130. The average Bonchev–Trinajstić information content (AvgIpc) is 2.51. The summed E-state index contributed by atoms with van der Waals surface area (Å²) in [4.78, 5) is 27.5. The van der Waals surface area contributed by atoms with Crippen LogP contribution in [0.15, 0.2) is 47.5 Å². The van der Waals surface area contributed by atoms with Crippen molar-refractivity contribution < 1.29 is 9.59 Å². The molecule has 114 valence electrons. The summed E-state index contributed by atoms with van der Waals surface area (Å²) < 4.78 is 0.263. The molecular formula is C16H16BrN3O2. The van der Waals surface area contributed by atoms with Crippen LogP contribution in [-0.2, 0) is 16.0 Å². The third-order valence-electron chi connectivity index (χ3n) is 2.98. The van der Waals surface area contributed by atoms with Gasteiger partial charge in [0.05, 0.1) is 22.1 Å². The van der Waals surface area contributed by atoms with Gasteiger partial charge in [0.25, 0.3) is 5.91 Å². The fourth-order valence-electron chi connectivity index (χ4n) is 1.91. The predicted molar refractivity (Wildman–Crippen MR) is 89.5 cm³/mol. The van der Waals surface area contributed by atoms with E-state index in [4.69, 9.17) is 0 Å². The zero-order valence-electron chi connectivity index (χ0n) is 11.9. The van der Waals surface area contributed by atoms with E-state index < -0.39 is 0 Å². The average molecular weight is 362 g/mol. The molecule has 0 unspecified atom stereocenters. The van der Waals surface area contributed by atoms with Crippen LogP contribution < -0.4 is 10.6 Å². The Morgan fingerprint density at radius 2 is 1.82 bits per heavy atom. The number of fused-ring (bicyclic) bond motifs is 1. The summed E-state index contributed by atoms with van der Waals surface area (Å²) in [5.41, 5.74) is 1.59. The maximum absolute atomic E-state index is 11.8. The number of carbonyl (C=O) groups excluding carboxylic acids is 2. The van der Waals surface area contributed by atoms with E-state index in [0.29, 0.717) is 18.8 Å². The lowest BCUT2D eigenvalue weighted by atomic mass is 10.2. The Balaban J connectivity index is 1.81. The minimum atomic E-state index is -0.287.